The fourth-order valence-electron chi connectivity index (χ4n) is 18.7. The van der Waals surface area contributed by atoms with Crippen molar-refractivity contribution in [2.45, 2.75) is 287 Å². The molecule has 12 aromatic rings. The highest BCUT2D eigenvalue weighted by Crippen LogP contribution is 2.58. The number of thiophene rings is 8. The van der Waals surface area contributed by atoms with Gasteiger partial charge in [-0.3, -0.25) is 0 Å². The maximum Gasteiger partial charge on any atom is 0.170 e. The molecule has 112 heavy (non-hydrogen) atoms. The van der Waals surface area contributed by atoms with Gasteiger partial charge < -0.3 is 0 Å². The number of hydrogen-bond acceptors (Lipinski definition) is 14. The van der Waals surface area contributed by atoms with E-state index in [9.17, 15) is 0 Å². The van der Waals surface area contributed by atoms with E-state index in [1.165, 1.54) is 164 Å². The first-order chi connectivity index (χ1) is 53.4. The zero-order valence-corrected chi connectivity index (χ0v) is 79.8. The number of benzene rings is 2. The molecule has 0 bridgehead atoms. The SMILES string of the molecule is CCCCC(CC)C[Si]1(CC(CC)CCCC)c2cc(-c3ccc(-c4c(F)c(F)c(-c5ccc(C(C)(C)C(C)(C)c6cc7c(s6)-c6sc(-c8sc(-c9c(F)c(F)c(-c%10cc(C)c(C(C)(C)C)s%10)c%10nsnc9%10)cc8C)cc6[Si]7(CC(CC)CCCC)CC(CC)CCCC)s5)c5nsnc45)s3)sc2-c2sc(C(C)(C)C)cc21. The third kappa shape index (κ3) is 15.0. The van der Waals surface area contributed by atoms with E-state index in [2.05, 4.69) is 172 Å². The molecule has 2 aliphatic heterocycles. The second kappa shape index (κ2) is 33.2. The standard InChI is InChI=1S/C92H114F4N4S10Si2/c1-21-29-33-53(25-5)47-111(48-54(26-6)34-30-22-2)64-43-60(103-84(64)86-66(111)45-69(107-86)89(11,12)13)57-37-38-58(101-57)71-75(93)76(94)72(80-79(71)97-109-98-80)59-39-40-68(102-59)91(17,18)92(19,20)70-46-67-87(108-70)85-65(112(67,49-55(27-7)35-31-23-3)50-56(28-8)36-32-24-4)44-63(105-85)83-51(9)41-61(104-83)73-77(95)78(96)74(82-81(73)99-110-100-82)62-42-52(10)88(106-62)90(14,15)16/h37-46,53-56H,21-36,47-50H2,1-20H3. The van der Waals surface area contributed by atoms with Gasteiger partial charge in [0.2, 0.25) is 0 Å². The molecule has 0 amide bonds. The first kappa shape index (κ1) is 84.3. The molecule has 0 aliphatic carbocycles. The predicted octanol–water partition coefficient (Wildman–Crippen LogP) is 31.2. The Morgan fingerprint density at radius 3 is 1.11 bits per heavy atom. The minimum absolute atomic E-state index is 0.0493. The lowest BCUT2D eigenvalue weighted by atomic mass is 9.66. The first-order valence-electron chi connectivity index (χ1n) is 41.7. The van der Waals surface area contributed by atoms with Crippen molar-refractivity contribution in [2.75, 3.05) is 0 Å². The number of aromatic nitrogens is 4. The fraction of sp³-hybridized carbons (Fsp3) is 0.522. The topological polar surface area (TPSA) is 51.6 Å². The van der Waals surface area contributed by atoms with Crippen LogP contribution in [-0.4, -0.2) is 33.6 Å². The van der Waals surface area contributed by atoms with Gasteiger partial charge in [0.05, 0.1) is 45.7 Å². The fourth-order valence-corrected chi connectivity index (χ4v) is 46.0. The molecule has 2 aromatic carbocycles. The van der Waals surface area contributed by atoms with Gasteiger partial charge in [-0.1, -0.05) is 227 Å². The van der Waals surface area contributed by atoms with Gasteiger partial charge in [-0.05, 0) is 165 Å². The first-order valence-corrected chi connectivity index (χ1v) is 54.5. The third-order valence-electron chi connectivity index (χ3n) is 26.0. The van der Waals surface area contributed by atoms with Gasteiger partial charge in [-0.15, -0.1) is 90.7 Å². The molecular formula is C92H114F4N4S10Si2. The minimum atomic E-state index is -2.56. The molecule has 0 fully saturated rings. The van der Waals surface area contributed by atoms with Crippen LogP contribution < -0.4 is 20.7 Å². The van der Waals surface area contributed by atoms with E-state index in [0.717, 1.165) is 66.9 Å². The molecule has 4 atom stereocenters. The van der Waals surface area contributed by atoms with E-state index < -0.39 is 50.2 Å². The molecule has 0 saturated carbocycles. The van der Waals surface area contributed by atoms with E-state index in [4.69, 9.17) is 13.1 Å². The van der Waals surface area contributed by atoms with Crippen molar-refractivity contribution in [1.29, 1.82) is 0 Å². The summed E-state index contributed by atoms with van der Waals surface area (Å²) in [6, 6.07) is 27.8. The number of hydrogen-bond donors (Lipinski definition) is 0. The van der Waals surface area contributed by atoms with E-state index >= 15 is 17.6 Å². The summed E-state index contributed by atoms with van der Waals surface area (Å²) in [5.74, 6) is -0.997. The van der Waals surface area contributed by atoms with Gasteiger partial charge in [-0.25, -0.2) is 17.6 Å². The summed E-state index contributed by atoms with van der Waals surface area (Å²) in [6.45, 7) is 46.2. The number of unbranched alkanes of at least 4 members (excludes halogenated alkanes) is 4. The van der Waals surface area contributed by atoms with Crippen LogP contribution in [0.4, 0.5) is 17.6 Å². The monoisotopic (exact) mass is 1730 g/mol. The van der Waals surface area contributed by atoms with Crippen molar-refractivity contribution in [1.82, 2.24) is 17.5 Å². The van der Waals surface area contributed by atoms with Crippen LogP contribution in [0.2, 0.25) is 24.2 Å². The number of rotatable bonds is 33. The third-order valence-corrected chi connectivity index (χ3v) is 50.1. The van der Waals surface area contributed by atoms with Crippen LogP contribution in [0.25, 0.3) is 103 Å². The Bertz CT molecular complexity index is 5350. The number of aryl methyl sites for hydroxylation is 2. The van der Waals surface area contributed by atoms with E-state index in [0.29, 0.717) is 65.2 Å². The average molecular weight is 1730 g/mol. The zero-order chi connectivity index (χ0) is 80.1. The average Bonchev–Trinajstić information content (AvgIpc) is 1.59. The van der Waals surface area contributed by atoms with Crippen LogP contribution in [0.3, 0.4) is 0 Å². The maximum absolute atomic E-state index is 17.8. The Balaban J connectivity index is 0.816. The zero-order valence-electron chi connectivity index (χ0n) is 69.6. The molecule has 0 spiro atoms. The molecule has 12 heterocycles. The summed E-state index contributed by atoms with van der Waals surface area (Å²) >= 11 is 16.1. The van der Waals surface area contributed by atoms with Crippen LogP contribution in [0.5, 0.6) is 0 Å². The summed E-state index contributed by atoms with van der Waals surface area (Å²) in [5.41, 5.74) is 3.48. The molecule has 0 N–H and O–H groups in total. The minimum Gasteiger partial charge on any atom is -0.203 e. The normalized spacial score (nSPS) is 17.0. The smallest absolute Gasteiger partial charge is 0.170 e. The van der Waals surface area contributed by atoms with Gasteiger partial charge >= 0.3 is 0 Å². The maximum atomic E-state index is 17.8. The van der Waals surface area contributed by atoms with E-state index in [1.54, 1.807) is 54.8 Å². The van der Waals surface area contributed by atoms with Gasteiger partial charge in [0.25, 0.3) is 0 Å². The van der Waals surface area contributed by atoms with Crippen molar-refractivity contribution < 1.29 is 17.6 Å². The molecule has 598 valence electrons. The highest BCUT2D eigenvalue weighted by molar-refractivity contribution is 7.33. The lowest BCUT2D eigenvalue weighted by molar-refractivity contribution is 0.314. The highest BCUT2D eigenvalue weighted by atomic mass is 32.1. The van der Waals surface area contributed by atoms with Crippen molar-refractivity contribution in [3.8, 4) is 80.8 Å². The summed E-state index contributed by atoms with van der Waals surface area (Å²) < 4.78 is 89.1. The summed E-state index contributed by atoms with van der Waals surface area (Å²) in [4.78, 5) is 18.1. The quantitative estimate of drug-likeness (QED) is 0.0304. The lowest BCUT2D eigenvalue weighted by Gasteiger charge is -2.41. The molecule has 14 rings (SSSR count). The van der Waals surface area contributed by atoms with E-state index in [-0.39, 0.29) is 33.1 Å². The van der Waals surface area contributed by atoms with Crippen LogP contribution >= 0.6 is 114 Å². The van der Waals surface area contributed by atoms with Gasteiger partial charge in [0.1, 0.15) is 38.2 Å². The molecule has 0 saturated heterocycles. The number of fused-ring (bicyclic) bond motifs is 8. The molecule has 4 unspecified atom stereocenters. The summed E-state index contributed by atoms with van der Waals surface area (Å²) in [7, 11) is -4.84. The van der Waals surface area contributed by atoms with Crippen molar-refractivity contribution >= 4 is 173 Å². The van der Waals surface area contributed by atoms with Crippen LogP contribution in [0, 0.1) is 60.8 Å². The van der Waals surface area contributed by atoms with Crippen LogP contribution in [0.1, 0.15) is 258 Å². The highest BCUT2D eigenvalue weighted by Gasteiger charge is 2.54. The lowest BCUT2D eigenvalue weighted by Crippen LogP contribution is -2.57. The van der Waals surface area contributed by atoms with Crippen molar-refractivity contribution in [3.05, 3.63) is 115 Å². The van der Waals surface area contributed by atoms with Crippen LogP contribution in [-0.2, 0) is 21.7 Å². The molecule has 0 radical (unpaired) electrons. The number of nitrogens with zero attached hydrogens (tertiary/aromatic N) is 4. The Labute approximate surface area is 707 Å². The molecule has 10 aromatic heterocycles. The van der Waals surface area contributed by atoms with Gasteiger partial charge in [0.15, 0.2) is 23.3 Å². The molecule has 4 nitrogen and oxygen atoms in total. The Morgan fingerprint density at radius 1 is 0.330 bits per heavy atom. The summed E-state index contributed by atoms with van der Waals surface area (Å²) in [6.07, 6.45) is 19.4. The van der Waals surface area contributed by atoms with Crippen molar-refractivity contribution in [2.24, 2.45) is 23.7 Å². The predicted molar refractivity (Wildman–Crippen MR) is 497 cm³/mol. The second-order valence-electron chi connectivity index (χ2n) is 36.1. The second-order valence-corrected chi connectivity index (χ2v) is 53.7. The molecule has 2 aliphatic rings. The molecule has 20 heteroatoms. The van der Waals surface area contributed by atoms with E-state index in [1.807, 2.05) is 76.5 Å². The van der Waals surface area contributed by atoms with Crippen LogP contribution in [0.15, 0.2) is 60.7 Å². The molecular weight excluding hydrogens is 1610 g/mol. The Kier molecular flexibility index (Phi) is 25.0. The largest absolute Gasteiger partial charge is 0.203 e. The number of halogens is 4. The van der Waals surface area contributed by atoms with Gasteiger partial charge in [-0.2, -0.15) is 17.5 Å². The van der Waals surface area contributed by atoms with Gasteiger partial charge in [0, 0.05) is 88.9 Å². The Hall–Kier alpha value is -4.17. The Morgan fingerprint density at radius 2 is 0.679 bits per heavy atom. The van der Waals surface area contributed by atoms with Crippen molar-refractivity contribution in [3.63, 3.8) is 0 Å². The summed E-state index contributed by atoms with van der Waals surface area (Å²) in [5, 5.41) is 6.48.